The number of rotatable bonds is 3. The van der Waals surface area contributed by atoms with Crippen molar-refractivity contribution in [1.29, 1.82) is 5.26 Å². The number of nitrogens with one attached hydrogen (secondary N) is 1. The zero-order valence-corrected chi connectivity index (χ0v) is 10.1. The van der Waals surface area contributed by atoms with Gasteiger partial charge in [0.25, 0.3) is 11.6 Å². The van der Waals surface area contributed by atoms with Gasteiger partial charge >= 0.3 is 0 Å². The Morgan fingerprint density at radius 3 is 2.78 bits per heavy atom. The molecular weight excluding hydrogens is 258 g/mol. The van der Waals surface area contributed by atoms with E-state index < -0.39 is 10.8 Å². The highest BCUT2D eigenvalue weighted by Gasteiger charge is 2.11. The molecule has 0 aromatic heterocycles. The lowest BCUT2D eigenvalue weighted by Gasteiger charge is -2.00. The number of carbonyl (C=O) groups excluding carboxylic acids is 1. The zero-order chi connectivity index (χ0) is 13.7. The second-order valence-corrected chi connectivity index (χ2v) is 3.62. The highest BCUT2D eigenvalue weighted by Crippen LogP contribution is 2.24. The topological polar surface area (TPSA) is 96.0 Å². The van der Waals surface area contributed by atoms with E-state index >= 15 is 0 Å². The van der Waals surface area contributed by atoms with Crippen LogP contribution in [0.1, 0.15) is 5.56 Å². The Bertz CT molecular complexity index is 575. The molecule has 1 rings (SSSR count). The Hall–Kier alpha value is -2.39. The van der Waals surface area contributed by atoms with E-state index in [1.54, 1.807) is 6.07 Å². The van der Waals surface area contributed by atoms with Crippen LogP contribution in [0.5, 0.6) is 0 Å². The number of nitro benzene ring substituents is 1. The summed E-state index contributed by atoms with van der Waals surface area (Å²) in [6.07, 6.45) is 1.20. The van der Waals surface area contributed by atoms with Crippen LogP contribution in [0.3, 0.4) is 0 Å². The molecule has 0 saturated carbocycles. The maximum Gasteiger partial charge on any atom is 0.270 e. The Labute approximate surface area is 108 Å². The number of halogens is 1. The third-order valence-electron chi connectivity index (χ3n) is 2.08. The monoisotopic (exact) mass is 265 g/mol. The summed E-state index contributed by atoms with van der Waals surface area (Å²) >= 11 is 5.84. The summed E-state index contributed by atoms with van der Waals surface area (Å²) in [5, 5.41) is 21.9. The Morgan fingerprint density at radius 1 is 1.61 bits per heavy atom. The van der Waals surface area contributed by atoms with Crippen LogP contribution in [-0.4, -0.2) is 17.9 Å². The second kappa shape index (κ2) is 5.80. The van der Waals surface area contributed by atoms with Crippen LogP contribution in [0.2, 0.25) is 5.02 Å². The molecule has 7 heteroatoms. The first kappa shape index (κ1) is 13.7. The molecule has 0 heterocycles. The Balaban J connectivity index is 3.29. The molecule has 0 atom stereocenters. The molecule has 0 spiro atoms. The first-order valence-electron chi connectivity index (χ1n) is 4.77. The van der Waals surface area contributed by atoms with Crippen LogP contribution in [-0.2, 0) is 4.79 Å². The number of benzene rings is 1. The van der Waals surface area contributed by atoms with Crippen molar-refractivity contribution in [3.63, 3.8) is 0 Å². The number of likely N-dealkylation sites (N-methyl/N-ethyl adjacent to an activating group) is 1. The molecule has 1 N–H and O–H groups in total. The van der Waals surface area contributed by atoms with E-state index in [-0.39, 0.29) is 21.8 Å². The first-order chi connectivity index (χ1) is 8.49. The van der Waals surface area contributed by atoms with Crippen LogP contribution < -0.4 is 5.32 Å². The fraction of sp³-hybridized carbons (Fsp3) is 0.0909. The molecule has 1 amide bonds. The molecule has 0 bridgehead atoms. The smallest absolute Gasteiger partial charge is 0.270 e. The molecule has 18 heavy (non-hydrogen) atoms. The van der Waals surface area contributed by atoms with E-state index in [9.17, 15) is 14.9 Å². The van der Waals surface area contributed by atoms with Crippen molar-refractivity contribution in [2.75, 3.05) is 7.05 Å². The summed E-state index contributed by atoms with van der Waals surface area (Å²) in [5.74, 6) is -0.583. The quantitative estimate of drug-likeness (QED) is 0.391. The van der Waals surface area contributed by atoms with E-state index in [0.717, 1.165) is 0 Å². The maximum absolute atomic E-state index is 11.3. The summed E-state index contributed by atoms with van der Waals surface area (Å²) in [4.78, 5) is 21.3. The lowest BCUT2D eigenvalue weighted by Crippen LogP contribution is -2.19. The number of nitro groups is 1. The molecule has 0 aliphatic heterocycles. The third kappa shape index (κ3) is 3.06. The fourth-order valence-electron chi connectivity index (χ4n) is 1.19. The number of nitriles is 1. The van der Waals surface area contributed by atoms with Gasteiger partial charge in [-0.1, -0.05) is 11.6 Å². The molecule has 92 valence electrons. The minimum atomic E-state index is -0.584. The van der Waals surface area contributed by atoms with Crippen LogP contribution >= 0.6 is 11.6 Å². The Morgan fingerprint density at radius 2 is 2.28 bits per heavy atom. The van der Waals surface area contributed by atoms with Crippen LogP contribution in [0.25, 0.3) is 6.08 Å². The summed E-state index contributed by atoms with van der Waals surface area (Å²) in [6, 6.07) is 5.47. The molecule has 6 nitrogen and oxygen atoms in total. The predicted molar refractivity (Wildman–Crippen MR) is 65.8 cm³/mol. The van der Waals surface area contributed by atoms with Crippen molar-refractivity contribution in [2.24, 2.45) is 0 Å². The van der Waals surface area contributed by atoms with Crippen LogP contribution in [0.4, 0.5) is 5.69 Å². The lowest BCUT2D eigenvalue weighted by atomic mass is 10.1. The molecule has 0 unspecified atom stereocenters. The second-order valence-electron chi connectivity index (χ2n) is 3.21. The van der Waals surface area contributed by atoms with Crippen molar-refractivity contribution in [3.8, 4) is 6.07 Å². The minimum Gasteiger partial charge on any atom is -0.354 e. The number of nitrogens with zero attached hydrogens (tertiary/aromatic N) is 2. The van der Waals surface area contributed by atoms with Crippen molar-refractivity contribution in [3.05, 3.63) is 44.5 Å². The van der Waals surface area contributed by atoms with Gasteiger partial charge in [0.1, 0.15) is 11.6 Å². The first-order valence-corrected chi connectivity index (χ1v) is 5.15. The Kier molecular flexibility index (Phi) is 4.40. The molecular formula is C11H8ClN3O3. The van der Waals surface area contributed by atoms with E-state index in [1.807, 2.05) is 0 Å². The highest BCUT2D eigenvalue weighted by atomic mass is 35.5. The number of non-ortho nitro benzene ring substituents is 1. The van der Waals surface area contributed by atoms with Crippen LogP contribution in [0.15, 0.2) is 23.8 Å². The molecule has 1 aromatic carbocycles. The van der Waals surface area contributed by atoms with Crippen molar-refractivity contribution < 1.29 is 9.72 Å². The van der Waals surface area contributed by atoms with Crippen molar-refractivity contribution in [2.45, 2.75) is 0 Å². The molecule has 0 saturated heterocycles. The van der Waals surface area contributed by atoms with Gasteiger partial charge in [0.05, 0.1) is 4.92 Å². The molecule has 1 aromatic rings. The normalized spacial score (nSPS) is 10.6. The lowest BCUT2D eigenvalue weighted by molar-refractivity contribution is -0.384. The summed E-state index contributed by atoms with van der Waals surface area (Å²) in [7, 11) is 1.38. The van der Waals surface area contributed by atoms with Gasteiger partial charge in [-0.05, 0) is 12.1 Å². The van der Waals surface area contributed by atoms with Crippen molar-refractivity contribution >= 4 is 29.3 Å². The van der Waals surface area contributed by atoms with Gasteiger partial charge in [-0.15, -0.1) is 0 Å². The summed E-state index contributed by atoms with van der Waals surface area (Å²) in [6.45, 7) is 0. The van der Waals surface area contributed by atoms with Gasteiger partial charge in [-0.3, -0.25) is 14.9 Å². The van der Waals surface area contributed by atoms with Gasteiger partial charge in [-0.25, -0.2) is 0 Å². The summed E-state index contributed by atoms with van der Waals surface area (Å²) in [5.41, 5.74) is -0.106. The average molecular weight is 266 g/mol. The molecule has 0 radical (unpaired) electrons. The van der Waals surface area contributed by atoms with Crippen molar-refractivity contribution in [1.82, 2.24) is 5.32 Å². The predicted octanol–water partition coefficient (Wildman–Crippen LogP) is 1.90. The highest BCUT2D eigenvalue weighted by molar-refractivity contribution is 6.32. The number of amides is 1. The molecule has 0 fully saturated rings. The van der Waals surface area contributed by atoms with Gasteiger partial charge < -0.3 is 5.32 Å². The van der Waals surface area contributed by atoms with E-state index in [0.29, 0.717) is 0 Å². The fourth-order valence-corrected chi connectivity index (χ4v) is 1.37. The molecule has 0 aliphatic rings. The van der Waals surface area contributed by atoms with Crippen LogP contribution in [0, 0.1) is 21.4 Å². The van der Waals surface area contributed by atoms with Gasteiger partial charge in [-0.2, -0.15) is 5.26 Å². The third-order valence-corrected chi connectivity index (χ3v) is 2.43. The van der Waals surface area contributed by atoms with E-state index in [1.165, 1.54) is 31.3 Å². The van der Waals surface area contributed by atoms with E-state index in [2.05, 4.69) is 5.32 Å². The average Bonchev–Trinajstić information content (AvgIpc) is 2.36. The summed E-state index contributed by atoms with van der Waals surface area (Å²) < 4.78 is 0. The number of hydrogen-bond donors (Lipinski definition) is 1. The standard InChI is InChI=1S/C11H8ClN3O3/c1-14-11(16)8(6-13)4-7-5-9(15(17)18)2-3-10(7)12/h2-5H,1H3,(H,14,16)/b8-4+. The minimum absolute atomic E-state index is 0.167. The van der Waals surface area contributed by atoms with Gasteiger partial charge in [0, 0.05) is 29.8 Å². The number of hydrogen-bond acceptors (Lipinski definition) is 4. The number of carbonyl (C=O) groups is 1. The zero-order valence-electron chi connectivity index (χ0n) is 9.31. The maximum atomic E-state index is 11.3. The van der Waals surface area contributed by atoms with Gasteiger partial charge in [0.2, 0.25) is 0 Å². The SMILES string of the molecule is CNC(=O)/C(C#N)=C/c1cc([N+](=O)[O-])ccc1Cl. The molecule has 0 aliphatic carbocycles. The van der Waals surface area contributed by atoms with E-state index in [4.69, 9.17) is 16.9 Å². The largest absolute Gasteiger partial charge is 0.354 e. The van der Waals surface area contributed by atoms with Gasteiger partial charge in [0.15, 0.2) is 0 Å².